The van der Waals surface area contributed by atoms with Gasteiger partial charge >= 0.3 is 0 Å². The molecule has 0 radical (unpaired) electrons. The highest BCUT2D eigenvalue weighted by molar-refractivity contribution is 6.49. The molecule has 20 heavy (non-hydrogen) atoms. The fourth-order valence-electron chi connectivity index (χ4n) is 1.79. The Kier molecular flexibility index (Phi) is 4.72. The van der Waals surface area contributed by atoms with Crippen LogP contribution in [0.4, 0.5) is 0 Å². The minimum Gasteiger partial charge on any atom is -0.481 e. The number of hydrogen-bond donors (Lipinski definition) is 0. The van der Waals surface area contributed by atoms with Crippen LogP contribution in [-0.2, 0) is 6.42 Å². The summed E-state index contributed by atoms with van der Waals surface area (Å²) < 4.78 is 5.12. The van der Waals surface area contributed by atoms with E-state index >= 15 is 0 Å². The largest absolute Gasteiger partial charge is 0.481 e. The van der Waals surface area contributed by atoms with Crippen LogP contribution in [0.2, 0.25) is 15.1 Å². The molecule has 102 valence electrons. The van der Waals surface area contributed by atoms with Crippen molar-refractivity contribution in [3.05, 3.63) is 45.0 Å². The van der Waals surface area contributed by atoms with Crippen molar-refractivity contribution in [1.29, 1.82) is 5.26 Å². The van der Waals surface area contributed by atoms with Gasteiger partial charge in [-0.3, -0.25) is 0 Å². The molecule has 1 heterocycles. The Bertz CT molecular complexity index is 696. The van der Waals surface area contributed by atoms with Crippen LogP contribution in [0.1, 0.15) is 5.56 Å². The minimum atomic E-state index is 0.197. The van der Waals surface area contributed by atoms with E-state index in [2.05, 4.69) is 11.1 Å². The lowest BCUT2D eigenvalue weighted by Crippen LogP contribution is -1.95. The highest BCUT2D eigenvalue weighted by atomic mass is 35.5. The van der Waals surface area contributed by atoms with Crippen molar-refractivity contribution in [2.75, 3.05) is 7.11 Å². The topological polar surface area (TPSA) is 45.9 Å². The number of hydrogen-bond acceptors (Lipinski definition) is 3. The van der Waals surface area contributed by atoms with Crippen molar-refractivity contribution >= 4 is 34.8 Å². The molecule has 0 N–H and O–H groups in total. The Labute approximate surface area is 131 Å². The van der Waals surface area contributed by atoms with E-state index in [-0.39, 0.29) is 6.42 Å². The summed E-state index contributed by atoms with van der Waals surface area (Å²) in [7, 11) is 1.51. The third-order valence-electron chi connectivity index (χ3n) is 2.73. The highest BCUT2D eigenvalue weighted by Crippen LogP contribution is 2.38. The van der Waals surface area contributed by atoms with Crippen molar-refractivity contribution in [2.24, 2.45) is 0 Å². The van der Waals surface area contributed by atoms with Crippen LogP contribution in [0, 0.1) is 11.3 Å². The second-order valence-corrected chi connectivity index (χ2v) is 5.11. The maximum atomic E-state index is 8.84. The molecule has 0 aliphatic carbocycles. The van der Waals surface area contributed by atoms with Gasteiger partial charge in [0.1, 0.15) is 0 Å². The standard InChI is InChI=1S/C14H9Cl3N2O/c1-20-14-8(4-5-18)6-9(7-19-14)10-2-3-11(15)13(17)12(10)16/h2-3,6-7H,4H2,1H3. The second-order valence-electron chi connectivity index (χ2n) is 3.95. The van der Waals surface area contributed by atoms with Crippen LogP contribution in [0.3, 0.4) is 0 Å². The van der Waals surface area contributed by atoms with Gasteiger partial charge in [0.05, 0.1) is 34.7 Å². The molecule has 3 nitrogen and oxygen atoms in total. The predicted octanol–water partition coefficient (Wildman–Crippen LogP) is 4.78. The van der Waals surface area contributed by atoms with Crippen molar-refractivity contribution in [3.63, 3.8) is 0 Å². The Morgan fingerprint density at radius 3 is 2.65 bits per heavy atom. The van der Waals surface area contributed by atoms with E-state index < -0.39 is 0 Å². The molecule has 1 aromatic carbocycles. The molecular weight excluding hydrogens is 319 g/mol. The van der Waals surface area contributed by atoms with Gasteiger partial charge in [-0.15, -0.1) is 0 Å². The van der Waals surface area contributed by atoms with E-state index in [9.17, 15) is 0 Å². The van der Waals surface area contributed by atoms with E-state index in [1.807, 2.05) is 0 Å². The monoisotopic (exact) mass is 326 g/mol. The molecule has 2 aromatic rings. The van der Waals surface area contributed by atoms with E-state index in [1.165, 1.54) is 7.11 Å². The zero-order chi connectivity index (χ0) is 14.7. The summed E-state index contributed by atoms with van der Waals surface area (Å²) in [5, 5.41) is 9.88. The molecule has 0 amide bonds. The summed E-state index contributed by atoms with van der Waals surface area (Å²) >= 11 is 18.1. The van der Waals surface area contributed by atoms with Crippen molar-refractivity contribution in [3.8, 4) is 23.1 Å². The summed E-state index contributed by atoms with van der Waals surface area (Å²) in [6.45, 7) is 0. The van der Waals surface area contributed by atoms with E-state index in [0.717, 1.165) is 5.56 Å². The summed E-state index contributed by atoms with van der Waals surface area (Å²) in [5.74, 6) is 0.423. The molecule has 0 fully saturated rings. The lowest BCUT2D eigenvalue weighted by molar-refractivity contribution is 0.394. The number of halogens is 3. The van der Waals surface area contributed by atoms with Crippen molar-refractivity contribution < 1.29 is 4.74 Å². The number of aromatic nitrogens is 1. The van der Waals surface area contributed by atoms with Crippen LogP contribution in [0.25, 0.3) is 11.1 Å². The Morgan fingerprint density at radius 2 is 2.00 bits per heavy atom. The van der Waals surface area contributed by atoms with Crippen molar-refractivity contribution in [2.45, 2.75) is 6.42 Å². The average molecular weight is 328 g/mol. The van der Waals surface area contributed by atoms with Gasteiger partial charge in [0.25, 0.3) is 0 Å². The molecule has 0 spiro atoms. The number of ether oxygens (including phenoxy) is 1. The first-order valence-electron chi connectivity index (χ1n) is 5.62. The second kappa shape index (κ2) is 6.32. The smallest absolute Gasteiger partial charge is 0.217 e. The van der Waals surface area contributed by atoms with Gasteiger partial charge in [-0.25, -0.2) is 4.98 Å². The Balaban J connectivity index is 2.57. The quantitative estimate of drug-likeness (QED) is 0.762. The lowest BCUT2D eigenvalue weighted by atomic mass is 10.0. The molecule has 0 aliphatic heterocycles. The minimum absolute atomic E-state index is 0.197. The predicted molar refractivity (Wildman–Crippen MR) is 80.6 cm³/mol. The zero-order valence-electron chi connectivity index (χ0n) is 10.5. The molecule has 0 saturated carbocycles. The van der Waals surface area contributed by atoms with Gasteiger partial charge in [-0.2, -0.15) is 5.26 Å². The van der Waals surface area contributed by atoms with Gasteiger partial charge < -0.3 is 4.74 Å². The van der Waals surface area contributed by atoms with Crippen molar-refractivity contribution in [1.82, 2.24) is 4.98 Å². The number of rotatable bonds is 3. The fraction of sp³-hybridized carbons (Fsp3) is 0.143. The molecule has 0 unspecified atom stereocenters. The number of benzene rings is 1. The Morgan fingerprint density at radius 1 is 1.25 bits per heavy atom. The van der Waals surface area contributed by atoms with Crippen LogP contribution in [0.5, 0.6) is 5.88 Å². The van der Waals surface area contributed by atoms with E-state index in [1.54, 1.807) is 24.4 Å². The molecule has 1 aromatic heterocycles. The summed E-state index contributed by atoms with van der Waals surface area (Å²) in [6, 6.07) is 7.30. The van der Waals surface area contributed by atoms with Crippen LogP contribution in [-0.4, -0.2) is 12.1 Å². The highest BCUT2D eigenvalue weighted by Gasteiger charge is 2.13. The first-order chi connectivity index (χ1) is 9.58. The van der Waals surface area contributed by atoms with E-state index in [0.29, 0.717) is 32.1 Å². The van der Waals surface area contributed by atoms with Crippen LogP contribution in [0.15, 0.2) is 24.4 Å². The van der Waals surface area contributed by atoms with Gasteiger partial charge in [0, 0.05) is 22.9 Å². The molecule has 6 heteroatoms. The third-order valence-corrected chi connectivity index (χ3v) is 4.03. The molecule has 0 saturated heterocycles. The van der Waals surface area contributed by atoms with Crippen LogP contribution < -0.4 is 4.74 Å². The third kappa shape index (κ3) is 2.83. The summed E-state index contributed by atoms with van der Waals surface area (Å²) in [4.78, 5) is 4.18. The van der Waals surface area contributed by atoms with Gasteiger partial charge in [-0.1, -0.05) is 40.9 Å². The molecule has 0 bridgehead atoms. The first kappa shape index (κ1) is 14.9. The number of nitrogens with zero attached hydrogens (tertiary/aromatic N) is 2. The lowest BCUT2D eigenvalue weighted by Gasteiger charge is -2.10. The molecular formula is C14H9Cl3N2O. The molecule has 0 atom stereocenters. The van der Waals surface area contributed by atoms with Gasteiger partial charge in [-0.05, 0) is 12.1 Å². The van der Waals surface area contributed by atoms with Gasteiger partial charge in [0.2, 0.25) is 5.88 Å². The summed E-state index contributed by atoms with van der Waals surface area (Å²) in [6.07, 6.45) is 1.81. The molecule has 0 aliphatic rings. The number of nitriles is 1. The fourth-order valence-corrected chi connectivity index (χ4v) is 2.43. The Hall–Kier alpha value is -1.47. The average Bonchev–Trinajstić information content (AvgIpc) is 2.45. The molecule has 2 rings (SSSR count). The van der Waals surface area contributed by atoms with Gasteiger partial charge in [0.15, 0.2) is 0 Å². The van der Waals surface area contributed by atoms with E-state index in [4.69, 9.17) is 44.8 Å². The maximum Gasteiger partial charge on any atom is 0.217 e. The summed E-state index contributed by atoms with van der Waals surface area (Å²) in [5.41, 5.74) is 2.14. The normalized spacial score (nSPS) is 10.2. The SMILES string of the molecule is COc1ncc(-c2ccc(Cl)c(Cl)c2Cl)cc1CC#N. The maximum absolute atomic E-state index is 8.84. The first-order valence-corrected chi connectivity index (χ1v) is 6.75. The zero-order valence-corrected chi connectivity index (χ0v) is 12.7. The number of pyridine rings is 1. The number of methoxy groups -OCH3 is 1. The van der Waals surface area contributed by atoms with Crippen LogP contribution >= 0.6 is 34.8 Å².